The second-order valence-electron chi connectivity index (χ2n) is 6.79. The second kappa shape index (κ2) is 7.92. The zero-order valence-electron chi connectivity index (χ0n) is 15.5. The van der Waals surface area contributed by atoms with E-state index in [1.807, 2.05) is 0 Å². The third-order valence-corrected chi connectivity index (χ3v) is 4.78. The van der Waals surface area contributed by atoms with Crippen molar-refractivity contribution in [1.29, 1.82) is 0 Å². The first-order chi connectivity index (χ1) is 13.3. The van der Waals surface area contributed by atoms with Crippen molar-refractivity contribution in [3.05, 3.63) is 126 Å². The maximum atomic E-state index is 2.32. The predicted octanol–water partition coefficient (Wildman–Crippen LogP) is 7.06. The van der Waals surface area contributed by atoms with Crippen LogP contribution in [0.3, 0.4) is 0 Å². The minimum absolute atomic E-state index is 0.957. The molecule has 0 aliphatic rings. The summed E-state index contributed by atoms with van der Waals surface area (Å²) in [5, 5.41) is 0. The Morgan fingerprint density at radius 3 is 1.59 bits per heavy atom. The molecule has 0 radical (unpaired) electrons. The molecule has 132 valence electrons. The maximum Gasteiger partial charge on any atom is 0.0490 e. The Morgan fingerprint density at radius 2 is 1.07 bits per heavy atom. The molecule has 27 heavy (non-hydrogen) atoms. The van der Waals surface area contributed by atoms with Gasteiger partial charge in [0.25, 0.3) is 0 Å². The normalized spacial score (nSPS) is 10.6. The van der Waals surface area contributed by atoms with E-state index in [4.69, 9.17) is 0 Å². The summed E-state index contributed by atoms with van der Waals surface area (Å²) < 4.78 is 0. The van der Waals surface area contributed by atoms with Crippen molar-refractivity contribution in [2.45, 2.75) is 13.3 Å². The van der Waals surface area contributed by atoms with Crippen molar-refractivity contribution >= 4 is 17.1 Å². The van der Waals surface area contributed by atoms with Gasteiger partial charge in [-0.05, 0) is 60.4 Å². The number of benzene rings is 4. The van der Waals surface area contributed by atoms with Crippen LogP contribution in [0.2, 0.25) is 0 Å². The minimum Gasteiger partial charge on any atom is -0.310 e. The van der Waals surface area contributed by atoms with E-state index in [0.29, 0.717) is 0 Å². The number of para-hydroxylation sites is 2. The Hall–Kier alpha value is -3.32. The van der Waals surface area contributed by atoms with Crippen LogP contribution in [-0.2, 0) is 6.42 Å². The van der Waals surface area contributed by atoms with Crippen LogP contribution in [0, 0.1) is 6.92 Å². The first-order valence-corrected chi connectivity index (χ1v) is 9.35. The topological polar surface area (TPSA) is 3.24 Å². The Morgan fingerprint density at radius 1 is 0.556 bits per heavy atom. The molecule has 0 atom stereocenters. The standard InChI is InChI=1S/C26H23N/c1-21-19-23(20-22-11-5-2-6-12-22)17-18-26(21)27(24-13-7-3-8-14-24)25-15-9-4-10-16-25/h2-19H,20H2,1H3. The van der Waals surface area contributed by atoms with Gasteiger partial charge in [0.05, 0.1) is 0 Å². The smallest absolute Gasteiger partial charge is 0.0490 e. The molecule has 0 N–H and O–H groups in total. The van der Waals surface area contributed by atoms with E-state index in [1.165, 1.54) is 33.8 Å². The number of aryl methyl sites for hydroxylation is 1. The van der Waals surface area contributed by atoms with Gasteiger partial charge in [-0.1, -0.05) is 78.9 Å². The van der Waals surface area contributed by atoms with E-state index in [2.05, 4.69) is 121 Å². The summed E-state index contributed by atoms with van der Waals surface area (Å²) in [6.45, 7) is 2.20. The van der Waals surface area contributed by atoms with E-state index in [9.17, 15) is 0 Å². The summed E-state index contributed by atoms with van der Waals surface area (Å²) in [4.78, 5) is 2.32. The molecular weight excluding hydrogens is 326 g/mol. The fourth-order valence-corrected chi connectivity index (χ4v) is 3.49. The van der Waals surface area contributed by atoms with Gasteiger partial charge in [-0.2, -0.15) is 0 Å². The number of hydrogen-bond acceptors (Lipinski definition) is 1. The largest absolute Gasteiger partial charge is 0.310 e. The summed E-state index contributed by atoms with van der Waals surface area (Å²) in [7, 11) is 0. The number of rotatable bonds is 5. The van der Waals surface area contributed by atoms with Crippen LogP contribution < -0.4 is 4.90 Å². The van der Waals surface area contributed by atoms with Crippen molar-refractivity contribution < 1.29 is 0 Å². The summed E-state index contributed by atoms with van der Waals surface area (Å²) in [5.74, 6) is 0. The molecule has 0 amide bonds. The summed E-state index contributed by atoms with van der Waals surface area (Å²) in [6, 6.07) is 38.5. The molecule has 4 aromatic rings. The molecule has 4 rings (SSSR count). The zero-order valence-corrected chi connectivity index (χ0v) is 15.5. The molecule has 0 saturated heterocycles. The van der Waals surface area contributed by atoms with E-state index < -0.39 is 0 Å². The highest BCUT2D eigenvalue weighted by Gasteiger charge is 2.14. The average Bonchev–Trinajstić information content (AvgIpc) is 2.72. The van der Waals surface area contributed by atoms with E-state index in [0.717, 1.165) is 6.42 Å². The number of hydrogen-bond donors (Lipinski definition) is 0. The average molecular weight is 349 g/mol. The molecule has 0 unspecified atom stereocenters. The minimum atomic E-state index is 0.957. The molecule has 0 fully saturated rings. The van der Waals surface area contributed by atoms with Crippen molar-refractivity contribution in [2.24, 2.45) is 0 Å². The molecule has 0 aromatic heterocycles. The highest BCUT2D eigenvalue weighted by atomic mass is 15.1. The van der Waals surface area contributed by atoms with Gasteiger partial charge >= 0.3 is 0 Å². The van der Waals surface area contributed by atoms with Gasteiger partial charge in [0.15, 0.2) is 0 Å². The summed E-state index contributed by atoms with van der Waals surface area (Å²) in [6.07, 6.45) is 0.957. The molecule has 1 heteroatoms. The van der Waals surface area contributed by atoms with Gasteiger partial charge in [-0.25, -0.2) is 0 Å². The molecule has 0 aliphatic heterocycles. The molecule has 0 spiro atoms. The lowest BCUT2D eigenvalue weighted by Gasteiger charge is -2.27. The monoisotopic (exact) mass is 349 g/mol. The highest BCUT2D eigenvalue weighted by molar-refractivity contribution is 5.78. The molecule has 0 bridgehead atoms. The van der Waals surface area contributed by atoms with Crippen LogP contribution in [0.1, 0.15) is 16.7 Å². The summed E-state index contributed by atoms with van der Waals surface area (Å²) in [5.41, 5.74) is 7.50. The lowest BCUT2D eigenvalue weighted by Crippen LogP contribution is -2.11. The van der Waals surface area contributed by atoms with Crippen LogP contribution >= 0.6 is 0 Å². The lowest BCUT2D eigenvalue weighted by atomic mass is 10.0. The van der Waals surface area contributed by atoms with Crippen LogP contribution in [0.5, 0.6) is 0 Å². The van der Waals surface area contributed by atoms with Gasteiger partial charge in [0, 0.05) is 17.1 Å². The molecule has 0 aliphatic carbocycles. The highest BCUT2D eigenvalue weighted by Crippen LogP contribution is 2.36. The Kier molecular flexibility index (Phi) is 5.02. The molecule has 0 saturated carbocycles. The quantitative estimate of drug-likeness (QED) is 0.373. The Bertz CT molecular complexity index is 953. The first kappa shape index (κ1) is 17.1. The Labute approximate surface area is 161 Å². The fraction of sp³-hybridized carbons (Fsp3) is 0.0769. The van der Waals surface area contributed by atoms with Gasteiger partial charge in [-0.15, -0.1) is 0 Å². The predicted molar refractivity (Wildman–Crippen MR) is 115 cm³/mol. The first-order valence-electron chi connectivity index (χ1n) is 9.35. The number of nitrogens with zero attached hydrogens (tertiary/aromatic N) is 1. The summed E-state index contributed by atoms with van der Waals surface area (Å²) >= 11 is 0. The van der Waals surface area contributed by atoms with Crippen molar-refractivity contribution in [1.82, 2.24) is 0 Å². The number of anilines is 3. The molecule has 0 heterocycles. The van der Waals surface area contributed by atoms with Crippen LogP contribution in [0.4, 0.5) is 17.1 Å². The molecule has 1 nitrogen and oxygen atoms in total. The van der Waals surface area contributed by atoms with Crippen LogP contribution in [-0.4, -0.2) is 0 Å². The van der Waals surface area contributed by atoms with E-state index in [1.54, 1.807) is 0 Å². The van der Waals surface area contributed by atoms with Gasteiger partial charge in [-0.3, -0.25) is 0 Å². The maximum absolute atomic E-state index is 2.32. The lowest BCUT2D eigenvalue weighted by molar-refractivity contribution is 1.17. The van der Waals surface area contributed by atoms with Crippen molar-refractivity contribution in [3.8, 4) is 0 Å². The van der Waals surface area contributed by atoms with Crippen LogP contribution in [0.25, 0.3) is 0 Å². The zero-order chi connectivity index (χ0) is 18.5. The van der Waals surface area contributed by atoms with Crippen LogP contribution in [0.15, 0.2) is 109 Å². The molecular formula is C26H23N. The van der Waals surface area contributed by atoms with Crippen molar-refractivity contribution in [3.63, 3.8) is 0 Å². The van der Waals surface area contributed by atoms with Gasteiger partial charge < -0.3 is 4.90 Å². The Balaban J connectivity index is 1.72. The van der Waals surface area contributed by atoms with Crippen molar-refractivity contribution in [2.75, 3.05) is 4.90 Å². The fourth-order valence-electron chi connectivity index (χ4n) is 3.49. The van der Waals surface area contributed by atoms with Gasteiger partial charge in [0.2, 0.25) is 0 Å². The van der Waals surface area contributed by atoms with E-state index in [-0.39, 0.29) is 0 Å². The van der Waals surface area contributed by atoms with E-state index >= 15 is 0 Å². The third kappa shape index (κ3) is 3.93. The SMILES string of the molecule is Cc1cc(Cc2ccccc2)ccc1N(c1ccccc1)c1ccccc1. The second-order valence-corrected chi connectivity index (χ2v) is 6.79. The third-order valence-electron chi connectivity index (χ3n) is 4.78. The van der Waals surface area contributed by atoms with Gasteiger partial charge in [0.1, 0.15) is 0 Å². The molecule has 4 aromatic carbocycles.